The van der Waals surface area contributed by atoms with Gasteiger partial charge in [-0.1, -0.05) is 0 Å². The largest absolute Gasteiger partial charge is 0.383 e. The summed E-state index contributed by atoms with van der Waals surface area (Å²) in [6.45, 7) is 3.37. The number of urea groups is 1. The second-order valence-electron chi connectivity index (χ2n) is 7.49. The molecule has 158 valence electrons. The number of fused-ring (bicyclic) bond motifs is 1. The van der Waals surface area contributed by atoms with Crippen molar-refractivity contribution in [3.63, 3.8) is 0 Å². The molecule has 0 aromatic carbocycles. The summed E-state index contributed by atoms with van der Waals surface area (Å²) in [4.78, 5) is 40.8. The van der Waals surface area contributed by atoms with Crippen molar-refractivity contribution in [2.45, 2.75) is 38.9 Å². The summed E-state index contributed by atoms with van der Waals surface area (Å²) in [7, 11) is 1.50. The van der Waals surface area contributed by atoms with Crippen LogP contribution in [0.15, 0.2) is 9.59 Å². The van der Waals surface area contributed by atoms with E-state index in [0.717, 1.165) is 9.44 Å². The Labute approximate surface area is 168 Å². The van der Waals surface area contributed by atoms with Crippen LogP contribution in [0, 0.1) is 12.8 Å². The van der Waals surface area contributed by atoms with Gasteiger partial charge < -0.3 is 15.0 Å². The molecule has 0 bridgehead atoms. The number of hydrogen-bond donors (Lipinski definition) is 1. The minimum atomic E-state index is -2.82. The van der Waals surface area contributed by atoms with E-state index < -0.39 is 23.1 Å². The third-order valence-corrected chi connectivity index (χ3v) is 6.85. The molecule has 0 spiro atoms. The smallest absolute Gasteiger partial charge is 0.332 e. The second kappa shape index (κ2) is 7.21. The molecule has 2 aliphatic rings. The lowest BCUT2D eigenvalue weighted by atomic mass is 10.2. The van der Waals surface area contributed by atoms with Crippen LogP contribution in [0.25, 0.3) is 10.2 Å². The van der Waals surface area contributed by atoms with Crippen LogP contribution in [0.3, 0.4) is 0 Å². The van der Waals surface area contributed by atoms with E-state index in [9.17, 15) is 23.2 Å². The maximum absolute atomic E-state index is 13.4. The van der Waals surface area contributed by atoms with Gasteiger partial charge in [-0.15, -0.1) is 11.3 Å². The third-order valence-electron chi connectivity index (χ3n) is 5.55. The van der Waals surface area contributed by atoms with E-state index in [0.29, 0.717) is 35.4 Å². The third kappa shape index (κ3) is 3.46. The van der Waals surface area contributed by atoms with Crippen LogP contribution in [-0.4, -0.2) is 52.8 Å². The highest BCUT2D eigenvalue weighted by atomic mass is 32.1. The Balaban J connectivity index is 1.82. The number of nitrogens with one attached hydrogen (secondary N) is 1. The van der Waals surface area contributed by atoms with Crippen LogP contribution >= 0.6 is 11.3 Å². The van der Waals surface area contributed by atoms with E-state index in [1.165, 1.54) is 23.0 Å². The molecule has 2 aromatic rings. The molecule has 11 heteroatoms. The first-order chi connectivity index (χ1) is 13.7. The van der Waals surface area contributed by atoms with Crippen LogP contribution in [-0.2, 0) is 24.4 Å². The Morgan fingerprint density at radius 2 is 2.00 bits per heavy atom. The lowest BCUT2D eigenvalue weighted by molar-refractivity contribution is 0.0944. The number of nitrogens with zero attached hydrogens (tertiary/aromatic N) is 3. The van der Waals surface area contributed by atoms with E-state index in [1.54, 1.807) is 11.8 Å². The average molecular weight is 428 g/mol. The molecule has 1 N–H and O–H groups in total. The number of alkyl halides is 2. The number of ether oxygens (including phenoxy) is 1. The lowest BCUT2D eigenvalue weighted by Crippen LogP contribution is -2.41. The quantitative estimate of drug-likeness (QED) is 0.722. The van der Waals surface area contributed by atoms with E-state index in [1.807, 2.05) is 0 Å². The number of hydrogen-bond acceptors (Lipinski definition) is 5. The van der Waals surface area contributed by atoms with Crippen LogP contribution in [0.1, 0.15) is 16.9 Å². The number of methoxy groups -OCH3 is 1. The molecular weight excluding hydrogens is 406 g/mol. The molecule has 1 saturated carbocycles. The molecule has 3 heterocycles. The maximum atomic E-state index is 13.4. The van der Waals surface area contributed by atoms with Gasteiger partial charge in [-0.05, 0) is 12.5 Å². The molecule has 2 aromatic heterocycles. The number of aryl methyl sites for hydroxylation is 1. The van der Waals surface area contributed by atoms with E-state index >= 15 is 0 Å². The first-order valence-corrected chi connectivity index (χ1v) is 10.2. The highest BCUT2D eigenvalue weighted by molar-refractivity contribution is 7.18. The number of aromatic nitrogens is 2. The van der Waals surface area contributed by atoms with Crippen molar-refractivity contribution in [3.05, 3.63) is 31.3 Å². The maximum Gasteiger partial charge on any atom is 0.332 e. The fraction of sp³-hybridized carbons (Fsp3) is 0.611. The van der Waals surface area contributed by atoms with Crippen LogP contribution in [0.4, 0.5) is 13.6 Å². The van der Waals surface area contributed by atoms with Crippen molar-refractivity contribution in [2.24, 2.45) is 5.92 Å². The van der Waals surface area contributed by atoms with Crippen molar-refractivity contribution >= 4 is 27.6 Å². The fourth-order valence-corrected chi connectivity index (χ4v) is 4.99. The number of halogens is 2. The second-order valence-corrected chi connectivity index (χ2v) is 8.57. The molecule has 1 unspecified atom stereocenters. The minimum absolute atomic E-state index is 0.174. The van der Waals surface area contributed by atoms with E-state index in [-0.39, 0.29) is 32.1 Å². The molecule has 4 rings (SSSR count). The van der Waals surface area contributed by atoms with Gasteiger partial charge in [0.2, 0.25) is 0 Å². The predicted octanol–water partition coefficient (Wildman–Crippen LogP) is 1.36. The predicted molar refractivity (Wildman–Crippen MR) is 104 cm³/mol. The van der Waals surface area contributed by atoms with E-state index in [2.05, 4.69) is 5.32 Å². The monoisotopic (exact) mass is 428 g/mol. The molecule has 8 nitrogen and oxygen atoms in total. The van der Waals surface area contributed by atoms with Crippen molar-refractivity contribution in [1.29, 1.82) is 0 Å². The molecule has 1 aliphatic carbocycles. The fourth-order valence-electron chi connectivity index (χ4n) is 3.66. The first-order valence-electron chi connectivity index (χ1n) is 9.39. The van der Waals surface area contributed by atoms with Gasteiger partial charge in [0.1, 0.15) is 4.83 Å². The normalized spacial score (nSPS) is 20.5. The summed E-state index contributed by atoms with van der Waals surface area (Å²) >= 11 is 1.29. The average Bonchev–Trinajstić information content (AvgIpc) is 2.94. The Bertz CT molecular complexity index is 1090. The summed E-state index contributed by atoms with van der Waals surface area (Å²) in [5.74, 6) is -3.82. The standard InChI is InChI=1S/C18H22F2N4O4S/c1-10-12(9-22-4-3-21-16(22)26)29-15-13(10)14(25)24(8-11-7-18(11,19)20)17(27)23(15)5-6-28-2/h11H,3-9H2,1-2H3,(H,21,26). The number of amides is 2. The van der Waals surface area contributed by atoms with Crippen molar-refractivity contribution < 1.29 is 18.3 Å². The van der Waals surface area contributed by atoms with Crippen molar-refractivity contribution in [3.8, 4) is 0 Å². The molecule has 2 amide bonds. The van der Waals surface area contributed by atoms with Crippen LogP contribution in [0.5, 0.6) is 0 Å². The van der Waals surface area contributed by atoms with Gasteiger partial charge in [0.15, 0.2) is 0 Å². The molecule has 29 heavy (non-hydrogen) atoms. The molecule has 1 saturated heterocycles. The van der Waals surface area contributed by atoms with Gasteiger partial charge in [0.05, 0.1) is 25.1 Å². The number of thiophene rings is 1. The molecule has 1 atom stereocenters. The van der Waals surface area contributed by atoms with Gasteiger partial charge in [-0.3, -0.25) is 13.9 Å². The summed E-state index contributed by atoms with van der Waals surface area (Å²) in [6, 6.07) is -0.174. The zero-order chi connectivity index (χ0) is 20.9. The van der Waals surface area contributed by atoms with Crippen LogP contribution < -0.4 is 16.6 Å². The Morgan fingerprint density at radius 1 is 1.28 bits per heavy atom. The lowest BCUT2D eigenvalue weighted by Gasteiger charge is -2.12. The first kappa shape index (κ1) is 20.0. The van der Waals surface area contributed by atoms with Crippen molar-refractivity contribution in [1.82, 2.24) is 19.4 Å². The SMILES string of the molecule is COCCn1c(=O)n(CC2CC2(F)F)c(=O)c2c(C)c(CN3CCNC3=O)sc21. The molecule has 2 fully saturated rings. The Hall–Kier alpha value is -2.27. The highest BCUT2D eigenvalue weighted by Crippen LogP contribution is 2.49. The summed E-state index contributed by atoms with van der Waals surface area (Å²) < 4.78 is 34.3. The number of carbonyl (C=O) groups is 1. The van der Waals surface area contributed by atoms with Gasteiger partial charge in [-0.25, -0.2) is 18.4 Å². The number of carbonyl (C=O) groups excluding carboxylic acids is 1. The van der Waals surface area contributed by atoms with Gasteiger partial charge in [0, 0.05) is 44.0 Å². The minimum Gasteiger partial charge on any atom is -0.383 e. The molecule has 1 aliphatic heterocycles. The van der Waals surface area contributed by atoms with Gasteiger partial charge >= 0.3 is 11.7 Å². The Kier molecular flexibility index (Phi) is 4.97. The summed E-state index contributed by atoms with van der Waals surface area (Å²) in [6.07, 6.45) is -0.313. The highest BCUT2D eigenvalue weighted by Gasteiger charge is 2.57. The zero-order valence-electron chi connectivity index (χ0n) is 16.2. The summed E-state index contributed by atoms with van der Waals surface area (Å²) in [5, 5.41) is 3.08. The van der Waals surface area contributed by atoms with Crippen molar-refractivity contribution in [2.75, 3.05) is 26.8 Å². The molecular formula is C18H22F2N4O4S. The van der Waals surface area contributed by atoms with Crippen LogP contribution in [0.2, 0.25) is 0 Å². The van der Waals surface area contributed by atoms with Gasteiger partial charge in [-0.2, -0.15) is 0 Å². The van der Waals surface area contributed by atoms with Gasteiger partial charge in [0.25, 0.3) is 11.5 Å². The topological polar surface area (TPSA) is 85.6 Å². The van der Waals surface area contributed by atoms with E-state index in [4.69, 9.17) is 4.74 Å². The Morgan fingerprint density at radius 3 is 2.59 bits per heavy atom. The summed E-state index contributed by atoms with van der Waals surface area (Å²) in [5.41, 5.74) is -0.474. The zero-order valence-corrected chi connectivity index (χ0v) is 17.0. The number of rotatable bonds is 7. The molecule has 0 radical (unpaired) electrons.